The largest absolute Gasteiger partial charge is 0.416 e. The summed E-state index contributed by atoms with van der Waals surface area (Å²) in [7, 11) is 0. The number of nitro benzene ring substituents is 1. The molecule has 0 aliphatic heterocycles. The van der Waals surface area contributed by atoms with Crippen molar-refractivity contribution in [3.05, 3.63) is 45.6 Å². The van der Waals surface area contributed by atoms with Crippen LogP contribution >= 0.6 is 12.4 Å². The van der Waals surface area contributed by atoms with E-state index in [0.29, 0.717) is 17.8 Å². The summed E-state index contributed by atoms with van der Waals surface area (Å²) in [6.07, 6.45) is -1.84. The molecule has 148 valence electrons. The van der Waals surface area contributed by atoms with Gasteiger partial charge in [0.05, 0.1) is 16.0 Å². The lowest BCUT2D eigenvalue weighted by atomic mass is 9.77. The molecule has 1 aliphatic carbocycles. The number of alkyl halides is 3. The maximum atomic E-state index is 12.7. The van der Waals surface area contributed by atoms with E-state index >= 15 is 0 Å². The molecule has 3 N–H and O–H groups in total. The van der Waals surface area contributed by atoms with Gasteiger partial charge in [0.1, 0.15) is 5.69 Å². The Morgan fingerprint density at radius 3 is 2.63 bits per heavy atom. The van der Waals surface area contributed by atoms with Gasteiger partial charge in [-0.1, -0.05) is 5.16 Å². The fraction of sp³-hybridized carbons (Fsp3) is 0.467. The van der Waals surface area contributed by atoms with E-state index in [0.717, 1.165) is 31.4 Å². The van der Waals surface area contributed by atoms with Crippen LogP contribution in [-0.2, 0) is 18.1 Å². The molecule has 0 saturated heterocycles. The summed E-state index contributed by atoms with van der Waals surface area (Å²) in [6, 6.07) is 2.32. The number of hydrogen-bond donors (Lipinski definition) is 2. The van der Waals surface area contributed by atoms with Crippen LogP contribution in [0.1, 0.15) is 36.5 Å². The summed E-state index contributed by atoms with van der Waals surface area (Å²) >= 11 is 0. The molecule has 1 aromatic carbocycles. The molecule has 2 aromatic rings. The van der Waals surface area contributed by atoms with Crippen LogP contribution in [0.3, 0.4) is 0 Å². The number of aromatic nitrogens is 2. The summed E-state index contributed by atoms with van der Waals surface area (Å²) in [4.78, 5) is 14.4. The Kier molecular flexibility index (Phi) is 5.95. The number of halogens is 4. The normalized spacial score (nSPS) is 15.6. The van der Waals surface area contributed by atoms with Crippen LogP contribution in [0.5, 0.6) is 0 Å². The highest BCUT2D eigenvalue weighted by molar-refractivity contribution is 5.85. The average molecular weight is 408 g/mol. The van der Waals surface area contributed by atoms with Crippen LogP contribution in [-0.4, -0.2) is 21.6 Å². The van der Waals surface area contributed by atoms with Gasteiger partial charge in [0, 0.05) is 19.0 Å². The van der Waals surface area contributed by atoms with Gasteiger partial charge in [-0.15, -0.1) is 12.4 Å². The van der Waals surface area contributed by atoms with Crippen LogP contribution in [0.15, 0.2) is 22.7 Å². The highest BCUT2D eigenvalue weighted by Gasteiger charge is 2.39. The fourth-order valence-corrected chi connectivity index (χ4v) is 2.65. The number of anilines is 1. The number of nitrogens with one attached hydrogen (secondary N) is 1. The lowest BCUT2D eigenvalue weighted by molar-refractivity contribution is -0.384. The van der Waals surface area contributed by atoms with Crippen molar-refractivity contribution in [1.29, 1.82) is 0 Å². The van der Waals surface area contributed by atoms with E-state index in [4.69, 9.17) is 10.3 Å². The first-order valence-corrected chi connectivity index (χ1v) is 7.90. The first kappa shape index (κ1) is 20.9. The fourth-order valence-electron chi connectivity index (χ4n) is 2.65. The number of nitrogens with zero attached hydrogens (tertiary/aromatic N) is 3. The van der Waals surface area contributed by atoms with E-state index in [1.807, 2.05) is 0 Å². The Hall–Kier alpha value is -2.40. The molecule has 0 radical (unpaired) electrons. The second-order valence-corrected chi connectivity index (χ2v) is 6.18. The molecule has 1 aliphatic rings. The van der Waals surface area contributed by atoms with Crippen LogP contribution in [0.25, 0.3) is 0 Å². The lowest BCUT2D eigenvalue weighted by Gasteiger charge is -2.34. The Labute approximate surface area is 157 Å². The molecule has 1 heterocycles. The molecule has 27 heavy (non-hydrogen) atoms. The van der Waals surface area contributed by atoms with Crippen molar-refractivity contribution in [2.45, 2.75) is 37.4 Å². The SMILES string of the molecule is Cl.NC1(c2noc(CCNc3ccc(C(F)(F)F)cc3[N+](=O)[O-])n2)CCC1. The predicted molar refractivity (Wildman–Crippen MR) is 91.6 cm³/mol. The van der Waals surface area contributed by atoms with Gasteiger partial charge in [0.25, 0.3) is 5.69 Å². The molecular formula is C15H17ClF3N5O3. The van der Waals surface area contributed by atoms with Crippen molar-refractivity contribution in [2.75, 3.05) is 11.9 Å². The van der Waals surface area contributed by atoms with Crippen molar-refractivity contribution in [3.8, 4) is 0 Å². The molecule has 1 saturated carbocycles. The van der Waals surface area contributed by atoms with Crippen molar-refractivity contribution < 1.29 is 22.6 Å². The third kappa shape index (κ3) is 4.48. The summed E-state index contributed by atoms with van der Waals surface area (Å²) < 4.78 is 43.2. The topological polar surface area (TPSA) is 120 Å². The predicted octanol–water partition coefficient (Wildman–Crippen LogP) is 3.41. The molecule has 0 atom stereocenters. The molecule has 8 nitrogen and oxygen atoms in total. The zero-order valence-electron chi connectivity index (χ0n) is 14.0. The van der Waals surface area contributed by atoms with Crippen LogP contribution in [0.2, 0.25) is 0 Å². The van der Waals surface area contributed by atoms with Crippen molar-refractivity contribution in [1.82, 2.24) is 10.1 Å². The van der Waals surface area contributed by atoms with Gasteiger partial charge < -0.3 is 15.6 Å². The van der Waals surface area contributed by atoms with Crippen LogP contribution in [0, 0.1) is 10.1 Å². The Morgan fingerprint density at radius 1 is 1.37 bits per heavy atom. The van der Waals surface area contributed by atoms with Gasteiger partial charge in [-0.25, -0.2) is 0 Å². The second-order valence-electron chi connectivity index (χ2n) is 6.18. The second kappa shape index (κ2) is 7.69. The number of rotatable bonds is 6. The zero-order chi connectivity index (χ0) is 18.9. The third-order valence-corrected chi connectivity index (χ3v) is 4.34. The molecule has 0 bridgehead atoms. The quantitative estimate of drug-likeness (QED) is 0.556. The summed E-state index contributed by atoms with van der Waals surface area (Å²) in [6.45, 7) is 0.172. The third-order valence-electron chi connectivity index (χ3n) is 4.34. The summed E-state index contributed by atoms with van der Waals surface area (Å²) in [5.74, 6) is 0.734. The molecule has 1 aromatic heterocycles. The van der Waals surface area contributed by atoms with Crippen molar-refractivity contribution in [2.24, 2.45) is 5.73 Å². The monoisotopic (exact) mass is 407 g/mol. The Morgan fingerprint density at radius 2 is 2.07 bits per heavy atom. The Bertz CT molecular complexity index is 823. The van der Waals surface area contributed by atoms with Crippen LogP contribution < -0.4 is 11.1 Å². The molecular weight excluding hydrogens is 391 g/mol. The minimum Gasteiger partial charge on any atom is -0.379 e. The molecule has 0 amide bonds. The van der Waals surface area contributed by atoms with Gasteiger partial charge in [0.2, 0.25) is 5.89 Å². The van der Waals surface area contributed by atoms with Gasteiger partial charge in [-0.3, -0.25) is 10.1 Å². The van der Waals surface area contributed by atoms with Crippen molar-refractivity contribution in [3.63, 3.8) is 0 Å². The van der Waals surface area contributed by atoms with E-state index < -0.39 is 27.9 Å². The van der Waals surface area contributed by atoms with E-state index in [1.165, 1.54) is 0 Å². The maximum absolute atomic E-state index is 12.7. The highest BCUT2D eigenvalue weighted by atomic mass is 35.5. The standard InChI is InChI=1S/C15H16F3N5O3.ClH/c16-15(17,18)9-2-3-10(11(8-9)23(24)25)20-7-4-12-21-13(22-26-12)14(19)5-1-6-14;/h2-3,8,20H,1,4-7,19H2;1H. The van der Waals surface area contributed by atoms with E-state index in [2.05, 4.69) is 15.5 Å². The maximum Gasteiger partial charge on any atom is 0.416 e. The number of benzene rings is 1. The first-order valence-electron chi connectivity index (χ1n) is 7.90. The number of hydrogen-bond acceptors (Lipinski definition) is 7. The summed E-state index contributed by atoms with van der Waals surface area (Å²) in [5, 5.41) is 17.6. The summed E-state index contributed by atoms with van der Waals surface area (Å²) in [5.41, 5.74) is 3.79. The zero-order valence-corrected chi connectivity index (χ0v) is 14.8. The first-order chi connectivity index (χ1) is 12.2. The van der Waals surface area contributed by atoms with E-state index in [1.54, 1.807) is 0 Å². The van der Waals surface area contributed by atoms with Gasteiger partial charge in [-0.2, -0.15) is 18.2 Å². The molecule has 12 heteroatoms. The number of nitrogens with two attached hydrogens (primary N) is 1. The minimum atomic E-state index is -4.65. The van der Waals surface area contributed by atoms with Gasteiger partial charge in [0.15, 0.2) is 5.82 Å². The average Bonchev–Trinajstić information content (AvgIpc) is 3.01. The molecule has 1 fully saturated rings. The molecule has 0 unspecified atom stereocenters. The van der Waals surface area contributed by atoms with Crippen molar-refractivity contribution >= 4 is 23.8 Å². The minimum absolute atomic E-state index is 0. The highest BCUT2D eigenvalue weighted by Crippen LogP contribution is 2.37. The van der Waals surface area contributed by atoms with E-state index in [9.17, 15) is 23.3 Å². The molecule has 3 rings (SSSR count). The van der Waals surface area contributed by atoms with E-state index in [-0.39, 0.29) is 31.1 Å². The number of nitro groups is 1. The van der Waals surface area contributed by atoms with Crippen LogP contribution in [0.4, 0.5) is 24.5 Å². The lowest BCUT2D eigenvalue weighted by Crippen LogP contribution is -2.44. The Balaban J connectivity index is 0.00000261. The smallest absolute Gasteiger partial charge is 0.379 e. The van der Waals surface area contributed by atoms with Gasteiger partial charge in [-0.05, 0) is 31.4 Å². The van der Waals surface area contributed by atoms with Gasteiger partial charge >= 0.3 is 6.18 Å². The molecule has 0 spiro atoms.